The highest BCUT2D eigenvalue weighted by Gasteiger charge is 2.19. The van der Waals surface area contributed by atoms with Crippen molar-refractivity contribution in [2.24, 2.45) is 0 Å². The Labute approximate surface area is 237 Å². The Balaban J connectivity index is 1.50. The van der Waals surface area contributed by atoms with Crippen LogP contribution < -0.4 is 9.47 Å². The first kappa shape index (κ1) is 26.5. The summed E-state index contributed by atoms with van der Waals surface area (Å²) in [5.74, 6) is 1.90. The molecule has 0 aliphatic carbocycles. The molecule has 0 radical (unpaired) electrons. The average molecular weight is 582 g/mol. The molecule has 0 atom stereocenters. The third kappa shape index (κ3) is 6.68. The van der Waals surface area contributed by atoms with E-state index in [1.165, 1.54) is 0 Å². The molecule has 0 N–H and O–H groups in total. The van der Waals surface area contributed by atoms with Crippen molar-refractivity contribution in [3.8, 4) is 28.4 Å². The van der Waals surface area contributed by atoms with E-state index in [-0.39, 0.29) is 5.97 Å². The number of esters is 1. The lowest BCUT2D eigenvalue weighted by molar-refractivity contribution is 0.00695. The number of ether oxygens (including phenoxy) is 3. The van der Waals surface area contributed by atoms with E-state index in [2.05, 4.69) is 22.0 Å². The fourth-order valence-corrected chi connectivity index (χ4v) is 4.46. The van der Waals surface area contributed by atoms with E-state index >= 15 is 0 Å². The van der Waals surface area contributed by atoms with Crippen molar-refractivity contribution in [3.63, 3.8) is 0 Å². The van der Waals surface area contributed by atoms with Crippen LogP contribution in [0.15, 0.2) is 114 Å². The van der Waals surface area contributed by atoms with Gasteiger partial charge >= 0.3 is 5.97 Å². The fraction of sp³-hybridized carbons (Fsp3) is 0.147. The second kappa shape index (κ2) is 11.3. The molecule has 0 saturated heterocycles. The number of carbonyl (C=O) groups is 1. The molecule has 0 spiro atoms. The van der Waals surface area contributed by atoms with Crippen molar-refractivity contribution in [2.45, 2.75) is 33.0 Å². The SMILES string of the molecule is CC(C)(C)OC(=O)c1ccc(-c2ccc3cc(OCc4ccccc4)ccc3c2Oc2ccc(Br)cc2)cc1. The van der Waals surface area contributed by atoms with Gasteiger partial charge in [0.15, 0.2) is 0 Å². The van der Waals surface area contributed by atoms with Crippen LogP contribution in [-0.2, 0) is 11.3 Å². The van der Waals surface area contributed by atoms with Crippen LogP contribution in [0.5, 0.6) is 17.2 Å². The van der Waals surface area contributed by atoms with Crippen LogP contribution in [0.2, 0.25) is 0 Å². The molecule has 0 bridgehead atoms. The van der Waals surface area contributed by atoms with E-state index in [0.717, 1.165) is 49.2 Å². The van der Waals surface area contributed by atoms with Gasteiger partial charge in [-0.1, -0.05) is 64.5 Å². The van der Waals surface area contributed by atoms with Gasteiger partial charge in [0, 0.05) is 15.4 Å². The van der Waals surface area contributed by atoms with Gasteiger partial charge in [-0.3, -0.25) is 0 Å². The molecule has 5 rings (SSSR count). The first-order valence-corrected chi connectivity index (χ1v) is 13.6. The van der Waals surface area contributed by atoms with Crippen molar-refractivity contribution in [1.82, 2.24) is 0 Å². The minimum atomic E-state index is -0.552. The number of carbonyl (C=O) groups excluding carboxylic acids is 1. The van der Waals surface area contributed by atoms with E-state index in [0.29, 0.717) is 12.2 Å². The molecule has 0 heterocycles. The Morgan fingerprint density at radius 2 is 1.46 bits per heavy atom. The lowest BCUT2D eigenvalue weighted by Crippen LogP contribution is -2.23. The summed E-state index contributed by atoms with van der Waals surface area (Å²) in [7, 11) is 0. The number of rotatable bonds is 7. The fourth-order valence-electron chi connectivity index (χ4n) is 4.19. The second-order valence-electron chi connectivity index (χ2n) is 10.2. The Bertz CT molecular complexity index is 1590. The molecular weight excluding hydrogens is 552 g/mol. The molecular formula is C34H29BrO4. The van der Waals surface area contributed by atoms with Crippen molar-refractivity contribution in [1.29, 1.82) is 0 Å². The monoisotopic (exact) mass is 580 g/mol. The molecule has 0 aliphatic rings. The molecule has 0 aliphatic heterocycles. The molecule has 0 amide bonds. The summed E-state index contributed by atoms with van der Waals surface area (Å²) in [5, 5.41) is 1.96. The molecule has 0 fully saturated rings. The predicted molar refractivity (Wildman–Crippen MR) is 160 cm³/mol. The predicted octanol–water partition coefficient (Wildman–Crippen LogP) is 9.60. The number of fused-ring (bicyclic) bond motifs is 1. The first-order chi connectivity index (χ1) is 18.7. The summed E-state index contributed by atoms with van der Waals surface area (Å²) in [4.78, 5) is 12.5. The summed E-state index contributed by atoms with van der Waals surface area (Å²) in [6, 6.07) is 35.4. The lowest BCUT2D eigenvalue weighted by atomic mass is 9.98. The second-order valence-corrected chi connectivity index (χ2v) is 11.2. The largest absolute Gasteiger partial charge is 0.489 e. The van der Waals surface area contributed by atoms with Crippen molar-refractivity contribution in [3.05, 3.63) is 125 Å². The quantitative estimate of drug-likeness (QED) is 0.180. The van der Waals surface area contributed by atoms with E-state index in [4.69, 9.17) is 14.2 Å². The topological polar surface area (TPSA) is 44.8 Å². The summed E-state index contributed by atoms with van der Waals surface area (Å²) in [5.41, 5.74) is 2.91. The van der Waals surface area contributed by atoms with Gasteiger partial charge in [0.1, 0.15) is 29.5 Å². The average Bonchev–Trinajstić information content (AvgIpc) is 2.93. The van der Waals surface area contributed by atoms with E-state index < -0.39 is 5.60 Å². The van der Waals surface area contributed by atoms with Gasteiger partial charge in [-0.05, 0) is 97.9 Å². The highest BCUT2D eigenvalue weighted by Crippen LogP contribution is 2.41. The zero-order chi connectivity index (χ0) is 27.4. The van der Waals surface area contributed by atoms with Crippen LogP contribution in [0, 0.1) is 0 Å². The summed E-state index contributed by atoms with van der Waals surface area (Å²) >= 11 is 3.49. The Morgan fingerprint density at radius 3 is 2.15 bits per heavy atom. The smallest absolute Gasteiger partial charge is 0.338 e. The van der Waals surface area contributed by atoms with Gasteiger partial charge in [-0.2, -0.15) is 0 Å². The highest BCUT2D eigenvalue weighted by molar-refractivity contribution is 9.10. The summed E-state index contributed by atoms with van der Waals surface area (Å²) < 4.78 is 19.1. The zero-order valence-corrected chi connectivity index (χ0v) is 23.7. The number of hydrogen-bond acceptors (Lipinski definition) is 4. The van der Waals surface area contributed by atoms with Crippen molar-refractivity contribution >= 4 is 32.7 Å². The minimum absolute atomic E-state index is 0.345. The van der Waals surface area contributed by atoms with Crippen LogP contribution in [0.25, 0.3) is 21.9 Å². The standard InChI is InChI=1S/C34H29BrO4/c1-34(2,3)39-33(36)25-11-9-24(10-12-25)30-19-13-26-21-29(37-22-23-7-5-4-6-8-23)18-20-31(26)32(30)38-28-16-14-27(35)15-17-28/h4-21H,22H2,1-3H3. The van der Waals surface area contributed by atoms with Crippen LogP contribution in [0.4, 0.5) is 0 Å². The number of halogens is 1. The number of benzene rings is 5. The van der Waals surface area contributed by atoms with Crippen LogP contribution in [0.1, 0.15) is 36.7 Å². The molecule has 39 heavy (non-hydrogen) atoms. The van der Waals surface area contributed by atoms with E-state index in [9.17, 15) is 4.79 Å². The number of hydrogen-bond donors (Lipinski definition) is 0. The lowest BCUT2D eigenvalue weighted by Gasteiger charge is -2.19. The van der Waals surface area contributed by atoms with Gasteiger partial charge < -0.3 is 14.2 Å². The van der Waals surface area contributed by atoms with Crippen molar-refractivity contribution < 1.29 is 19.0 Å². The summed E-state index contributed by atoms with van der Waals surface area (Å²) in [6.45, 7) is 6.07. The van der Waals surface area contributed by atoms with Crippen molar-refractivity contribution in [2.75, 3.05) is 0 Å². The molecule has 196 valence electrons. The van der Waals surface area contributed by atoms with Crippen LogP contribution in [0.3, 0.4) is 0 Å². The molecule has 0 saturated carbocycles. The first-order valence-electron chi connectivity index (χ1n) is 12.8. The molecule has 5 heteroatoms. The van der Waals surface area contributed by atoms with Gasteiger partial charge in [-0.25, -0.2) is 4.79 Å². The van der Waals surface area contributed by atoms with Crippen LogP contribution in [-0.4, -0.2) is 11.6 Å². The maximum Gasteiger partial charge on any atom is 0.338 e. The molecule has 0 aromatic heterocycles. The third-order valence-corrected chi connectivity index (χ3v) is 6.58. The maximum atomic E-state index is 12.5. The van der Waals surface area contributed by atoms with E-state index in [1.54, 1.807) is 12.1 Å². The zero-order valence-electron chi connectivity index (χ0n) is 22.1. The van der Waals surface area contributed by atoms with Gasteiger partial charge in [0.2, 0.25) is 0 Å². The molecule has 0 unspecified atom stereocenters. The minimum Gasteiger partial charge on any atom is -0.489 e. The van der Waals surface area contributed by atoms with Gasteiger partial charge in [-0.15, -0.1) is 0 Å². The van der Waals surface area contributed by atoms with Gasteiger partial charge in [0.25, 0.3) is 0 Å². The maximum absolute atomic E-state index is 12.5. The normalized spacial score (nSPS) is 11.3. The molecule has 5 aromatic rings. The van der Waals surface area contributed by atoms with Gasteiger partial charge in [0.05, 0.1) is 5.56 Å². The molecule has 4 nitrogen and oxygen atoms in total. The Hall–Kier alpha value is -4.09. The Morgan fingerprint density at radius 1 is 0.769 bits per heavy atom. The third-order valence-electron chi connectivity index (χ3n) is 6.05. The summed E-state index contributed by atoms with van der Waals surface area (Å²) in [6.07, 6.45) is 0. The highest BCUT2D eigenvalue weighted by atomic mass is 79.9. The van der Waals surface area contributed by atoms with Crippen LogP contribution >= 0.6 is 15.9 Å². The van der Waals surface area contributed by atoms with E-state index in [1.807, 2.05) is 112 Å². The Kier molecular flexibility index (Phi) is 7.71. The molecule has 5 aromatic carbocycles.